The molecular formula is C10H16O2. The SMILES string of the molecule is CC1/C(=C\C(=O)O)CCC1(C)C. The minimum absolute atomic E-state index is 0.279. The molecule has 1 aliphatic carbocycles. The Kier molecular flexibility index (Phi) is 2.27. The number of allylic oxidation sites excluding steroid dienone is 1. The van der Waals surface area contributed by atoms with E-state index in [1.165, 1.54) is 6.08 Å². The van der Waals surface area contributed by atoms with Crippen molar-refractivity contribution in [1.82, 2.24) is 0 Å². The molecule has 0 aromatic rings. The Labute approximate surface area is 73.3 Å². The van der Waals surface area contributed by atoms with Gasteiger partial charge in [0.15, 0.2) is 0 Å². The Morgan fingerprint density at radius 1 is 1.67 bits per heavy atom. The number of hydrogen-bond acceptors (Lipinski definition) is 1. The van der Waals surface area contributed by atoms with Gasteiger partial charge in [-0.1, -0.05) is 26.3 Å². The van der Waals surface area contributed by atoms with Crippen molar-refractivity contribution >= 4 is 5.97 Å². The molecule has 68 valence electrons. The van der Waals surface area contributed by atoms with Gasteiger partial charge < -0.3 is 5.11 Å². The van der Waals surface area contributed by atoms with E-state index in [9.17, 15) is 4.79 Å². The van der Waals surface area contributed by atoms with Gasteiger partial charge in [0.05, 0.1) is 0 Å². The van der Waals surface area contributed by atoms with Gasteiger partial charge in [0.1, 0.15) is 0 Å². The standard InChI is InChI=1S/C10H16O2/c1-7-8(6-9(11)12)4-5-10(7,2)3/h6-7H,4-5H2,1-3H3,(H,11,12)/b8-6-. The lowest BCUT2D eigenvalue weighted by atomic mass is 9.82. The zero-order valence-corrected chi connectivity index (χ0v) is 7.92. The zero-order chi connectivity index (χ0) is 9.35. The second-order valence-electron chi connectivity index (χ2n) is 4.27. The number of carboxylic acids is 1. The first-order chi connectivity index (χ1) is 5.43. The van der Waals surface area contributed by atoms with Crippen LogP contribution in [0.4, 0.5) is 0 Å². The first-order valence-corrected chi connectivity index (χ1v) is 4.37. The summed E-state index contributed by atoms with van der Waals surface area (Å²) < 4.78 is 0. The highest BCUT2D eigenvalue weighted by atomic mass is 16.4. The van der Waals surface area contributed by atoms with Crippen LogP contribution < -0.4 is 0 Å². The lowest BCUT2D eigenvalue weighted by Gasteiger charge is -2.23. The smallest absolute Gasteiger partial charge is 0.328 e. The molecular weight excluding hydrogens is 152 g/mol. The van der Waals surface area contributed by atoms with Crippen LogP contribution in [0.25, 0.3) is 0 Å². The van der Waals surface area contributed by atoms with Crippen molar-refractivity contribution in [2.75, 3.05) is 0 Å². The average Bonchev–Trinajstić information content (AvgIpc) is 2.15. The van der Waals surface area contributed by atoms with Gasteiger partial charge in [0.25, 0.3) is 0 Å². The van der Waals surface area contributed by atoms with E-state index in [0.29, 0.717) is 5.92 Å². The van der Waals surface area contributed by atoms with Crippen LogP contribution in [0.3, 0.4) is 0 Å². The molecule has 0 spiro atoms. The minimum Gasteiger partial charge on any atom is -0.478 e. The lowest BCUT2D eigenvalue weighted by Crippen LogP contribution is -2.15. The summed E-state index contributed by atoms with van der Waals surface area (Å²) in [7, 11) is 0. The van der Waals surface area contributed by atoms with Crippen molar-refractivity contribution < 1.29 is 9.90 Å². The molecule has 0 aromatic carbocycles. The predicted molar refractivity (Wildman–Crippen MR) is 47.9 cm³/mol. The van der Waals surface area contributed by atoms with E-state index in [4.69, 9.17) is 5.11 Å². The molecule has 0 saturated heterocycles. The molecule has 1 fully saturated rings. The van der Waals surface area contributed by atoms with Crippen molar-refractivity contribution in [3.8, 4) is 0 Å². The molecule has 1 rings (SSSR count). The highest BCUT2D eigenvalue weighted by molar-refractivity contribution is 5.80. The van der Waals surface area contributed by atoms with Crippen LogP contribution >= 0.6 is 0 Å². The lowest BCUT2D eigenvalue weighted by molar-refractivity contribution is -0.131. The summed E-state index contributed by atoms with van der Waals surface area (Å²) in [5.74, 6) is -0.400. The van der Waals surface area contributed by atoms with E-state index in [1.54, 1.807) is 0 Å². The monoisotopic (exact) mass is 168 g/mol. The first-order valence-electron chi connectivity index (χ1n) is 4.37. The molecule has 2 heteroatoms. The number of rotatable bonds is 1. The summed E-state index contributed by atoms with van der Waals surface area (Å²) in [5, 5.41) is 8.59. The van der Waals surface area contributed by atoms with E-state index in [-0.39, 0.29) is 5.41 Å². The van der Waals surface area contributed by atoms with Gasteiger partial charge in [-0.25, -0.2) is 4.79 Å². The van der Waals surface area contributed by atoms with Crippen LogP contribution in [-0.4, -0.2) is 11.1 Å². The van der Waals surface area contributed by atoms with Gasteiger partial charge in [-0.3, -0.25) is 0 Å². The maximum Gasteiger partial charge on any atom is 0.328 e. The molecule has 1 unspecified atom stereocenters. The number of aliphatic carboxylic acids is 1. The van der Waals surface area contributed by atoms with Crippen molar-refractivity contribution in [2.24, 2.45) is 11.3 Å². The van der Waals surface area contributed by atoms with Crippen LogP contribution in [0.15, 0.2) is 11.6 Å². The van der Waals surface area contributed by atoms with Crippen LogP contribution in [0.1, 0.15) is 33.6 Å². The third-order valence-electron chi connectivity index (χ3n) is 3.10. The van der Waals surface area contributed by atoms with Crippen molar-refractivity contribution in [2.45, 2.75) is 33.6 Å². The summed E-state index contributed by atoms with van der Waals surface area (Å²) in [6.45, 7) is 6.50. The molecule has 1 saturated carbocycles. The van der Waals surface area contributed by atoms with E-state index in [2.05, 4.69) is 20.8 Å². The van der Waals surface area contributed by atoms with Gasteiger partial charge >= 0.3 is 5.97 Å². The second-order valence-corrected chi connectivity index (χ2v) is 4.27. The third kappa shape index (κ3) is 1.68. The largest absolute Gasteiger partial charge is 0.478 e. The molecule has 0 aliphatic heterocycles. The van der Waals surface area contributed by atoms with Gasteiger partial charge in [0, 0.05) is 6.08 Å². The molecule has 12 heavy (non-hydrogen) atoms. The molecule has 0 aromatic heterocycles. The molecule has 1 atom stereocenters. The van der Waals surface area contributed by atoms with Crippen molar-refractivity contribution in [3.05, 3.63) is 11.6 Å². The van der Waals surface area contributed by atoms with E-state index in [0.717, 1.165) is 18.4 Å². The first kappa shape index (κ1) is 9.30. The van der Waals surface area contributed by atoms with Crippen LogP contribution in [0, 0.1) is 11.3 Å². The number of hydrogen-bond donors (Lipinski definition) is 1. The maximum atomic E-state index is 10.4. The third-order valence-corrected chi connectivity index (χ3v) is 3.10. The molecule has 1 aliphatic rings. The topological polar surface area (TPSA) is 37.3 Å². The molecule has 0 bridgehead atoms. The fourth-order valence-corrected chi connectivity index (χ4v) is 1.76. The van der Waals surface area contributed by atoms with Crippen molar-refractivity contribution in [3.63, 3.8) is 0 Å². The van der Waals surface area contributed by atoms with Gasteiger partial charge in [0.2, 0.25) is 0 Å². The number of carboxylic acid groups (broad SMARTS) is 1. The molecule has 1 N–H and O–H groups in total. The Hall–Kier alpha value is -0.790. The Morgan fingerprint density at radius 3 is 2.58 bits per heavy atom. The quantitative estimate of drug-likeness (QED) is 0.610. The van der Waals surface area contributed by atoms with Crippen LogP contribution in [0.2, 0.25) is 0 Å². The van der Waals surface area contributed by atoms with Gasteiger partial charge in [-0.2, -0.15) is 0 Å². The summed E-state index contributed by atoms with van der Waals surface area (Å²) >= 11 is 0. The predicted octanol–water partition coefficient (Wildman–Crippen LogP) is 2.45. The van der Waals surface area contributed by atoms with Gasteiger partial charge in [-0.15, -0.1) is 0 Å². The average molecular weight is 168 g/mol. The Balaban J connectivity index is 2.80. The Morgan fingerprint density at radius 2 is 2.25 bits per heavy atom. The molecule has 0 heterocycles. The Bertz CT molecular complexity index is 226. The van der Waals surface area contributed by atoms with Crippen molar-refractivity contribution in [1.29, 1.82) is 0 Å². The molecule has 0 radical (unpaired) electrons. The summed E-state index contributed by atoms with van der Waals surface area (Å²) in [6.07, 6.45) is 3.42. The van der Waals surface area contributed by atoms with E-state index < -0.39 is 5.97 Å². The second kappa shape index (κ2) is 2.92. The normalized spacial score (nSPS) is 30.9. The van der Waals surface area contributed by atoms with E-state index >= 15 is 0 Å². The fraction of sp³-hybridized carbons (Fsp3) is 0.700. The molecule has 2 nitrogen and oxygen atoms in total. The van der Waals surface area contributed by atoms with E-state index in [1.807, 2.05) is 0 Å². The highest BCUT2D eigenvalue weighted by Gasteiger charge is 2.34. The zero-order valence-electron chi connectivity index (χ0n) is 7.92. The fourth-order valence-electron chi connectivity index (χ4n) is 1.76. The summed E-state index contributed by atoms with van der Waals surface area (Å²) in [5.41, 5.74) is 1.37. The minimum atomic E-state index is -0.811. The summed E-state index contributed by atoms with van der Waals surface area (Å²) in [6, 6.07) is 0. The van der Waals surface area contributed by atoms with Crippen LogP contribution in [0.5, 0.6) is 0 Å². The summed E-state index contributed by atoms with van der Waals surface area (Å²) in [4.78, 5) is 10.4. The van der Waals surface area contributed by atoms with Crippen LogP contribution in [-0.2, 0) is 4.79 Å². The van der Waals surface area contributed by atoms with Gasteiger partial charge in [-0.05, 0) is 24.2 Å². The molecule has 0 amide bonds. The highest BCUT2D eigenvalue weighted by Crippen LogP contribution is 2.45. The maximum absolute atomic E-state index is 10.4. The number of carbonyl (C=O) groups is 1.